The molecular formula is C21H22ClN3OS. The van der Waals surface area contributed by atoms with E-state index in [4.69, 9.17) is 11.6 Å². The molecule has 2 aromatic heterocycles. The van der Waals surface area contributed by atoms with Gasteiger partial charge in [0, 0.05) is 17.0 Å². The summed E-state index contributed by atoms with van der Waals surface area (Å²) in [6, 6.07) is 8.06. The van der Waals surface area contributed by atoms with E-state index in [0.29, 0.717) is 16.5 Å². The number of nitrogens with zero attached hydrogens (tertiary/aromatic N) is 2. The third-order valence-electron chi connectivity index (χ3n) is 4.91. The van der Waals surface area contributed by atoms with E-state index >= 15 is 0 Å². The molecule has 1 unspecified atom stereocenters. The SMILES string of the molecule is Cc1ccc(-n2ncc(C(=O)NC(C)Cc3ccsc3)c2C2CC2)cc1Cl. The summed E-state index contributed by atoms with van der Waals surface area (Å²) >= 11 is 7.98. The molecule has 1 aliphatic rings. The molecule has 1 saturated carbocycles. The molecule has 2 heterocycles. The van der Waals surface area contributed by atoms with Gasteiger partial charge in [0.2, 0.25) is 0 Å². The van der Waals surface area contributed by atoms with Gasteiger partial charge in [0.1, 0.15) is 0 Å². The maximum atomic E-state index is 12.9. The minimum Gasteiger partial charge on any atom is -0.349 e. The normalized spacial score (nSPS) is 14.9. The molecule has 3 aromatic rings. The van der Waals surface area contributed by atoms with Crippen LogP contribution < -0.4 is 5.32 Å². The van der Waals surface area contributed by atoms with Crippen molar-refractivity contribution in [1.29, 1.82) is 0 Å². The van der Waals surface area contributed by atoms with Crippen LogP contribution in [0.15, 0.2) is 41.2 Å². The molecule has 4 rings (SSSR count). The Labute approximate surface area is 168 Å². The second-order valence-electron chi connectivity index (χ2n) is 7.27. The fourth-order valence-corrected chi connectivity index (χ4v) is 4.17. The number of hydrogen-bond donors (Lipinski definition) is 1. The van der Waals surface area contributed by atoms with Crippen LogP contribution >= 0.6 is 22.9 Å². The van der Waals surface area contributed by atoms with Crippen LogP contribution in [0.1, 0.15) is 52.9 Å². The maximum Gasteiger partial charge on any atom is 0.255 e. The van der Waals surface area contributed by atoms with Gasteiger partial charge < -0.3 is 5.32 Å². The highest BCUT2D eigenvalue weighted by Gasteiger charge is 2.33. The second-order valence-corrected chi connectivity index (χ2v) is 8.46. The molecular weight excluding hydrogens is 378 g/mol. The van der Waals surface area contributed by atoms with Crippen LogP contribution in [0.3, 0.4) is 0 Å². The third-order valence-corrected chi connectivity index (χ3v) is 6.05. The predicted molar refractivity (Wildman–Crippen MR) is 110 cm³/mol. The Balaban J connectivity index is 1.58. The highest BCUT2D eigenvalue weighted by molar-refractivity contribution is 7.07. The van der Waals surface area contributed by atoms with Crippen LogP contribution in [0, 0.1) is 6.92 Å². The number of amides is 1. The van der Waals surface area contributed by atoms with Crippen molar-refractivity contribution in [2.75, 3.05) is 0 Å². The fraction of sp³-hybridized carbons (Fsp3) is 0.333. The first-order valence-corrected chi connectivity index (χ1v) is 10.5. The van der Waals surface area contributed by atoms with Crippen LogP contribution in [-0.4, -0.2) is 21.7 Å². The number of halogens is 1. The van der Waals surface area contributed by atoms with Crippen molar-refractivity contribution in [2.24, 2.45) is 0 Å². The van der Waals surface area contributed by atoms with Gasteiger partial charge in [0.25, 0.3) is 5.91 Å². The van der Waals surface area contributed by atoms with Crippen LogP contribution in [0.2, 0.25) is 5.02 Å². The zero-order valence-electron chi connectivity index (χ0n) is 15.4. The van der Waals surface area contributed by atoms with Crippen molar-refractivity contribution in [2.45, 2.75) is 45.1 Å². The first kappa shape index (κ1) is 18.3. The Morgan fingerprint density at radius 3 is 2.89 bits per heavy atom. The van der Waals surface area contributed by atoms with Crippen molar-refractivity contribution < 1.29 is 4.79 Å². The number of aromatic nitrogens is 2. The van der Waals surface area contributed by atoms with E-state index in [2.05, 4.69) is 27.2 Å². The first-order valence-electron chi connectivity index (χ1n) is 9.19. The zero-order chi connectivity index (χ0) is 19.0. The van der Waals surface area contributed by atoms with Gasteiger partial charge in [-0.3, -0.25) is 4.79 Å². The van der Waals surface area contributed by atoms with Crippen molar-refractivity contribution in [3.8, 4) is 5.69 Å². The summed E-state index contributed by atoms with van der Waals surface area (Å²) in [4.78, 5) is 12.9. The van der Waals surface area contributed by atoms with E-state index in [1.54, 1.807) is 17.5 Å². The second kappa shape index (κ2) is 7.49. The lowest BCUT2D eigenvalue weighted by atomic mass is 10.1. The predicted octanol–water partition coefficient (Wildman–Crippen LogP) is 5.13. The number of thiophene rings is 1. The molecule has 0 aliphatic heterocycles. The van der Waals surface area contributed by atoms with Gasteiger partial charge in [-0.2, -0.15) is 16.4 Å². The van der Waals surface area contributed by atoms with Crippen LogP contribution in [0.5, 0.6) is 0 Å². The smallest absolute Gasteiger partial charge is 0.255 e. The minimum atomic E-state index is -0.0518. The summed E-state index contributed by atoms with van der Waals surface area (Å²) in [6.07, 6.45) is 4.70. The number of hydrogen-bond acceptors (Lipinski definition) is 3. The Morgan fingerprint density at radius 2 is 2.22 bits per heavy atom. The van der Waals surface area contributed by atoms with Crippen LogP contribution in [-0.2, 0) is 6.42 Å². The highest BCUT2D eigenvalue weighted by Crippen LogP contribution is 2.42. The fourth-order valence-electron chi connectivity index (χ4n) is 3.32. The zero-order valence-corrected chi connectivity index (χ0v) is 17.0. The first-order chi connectivity index (χ1) is 13.0. The van der Waals surface area contributed by atoms with E-state index in [1.165, 1.54) is 5.56 Å². The minimum absolute atomic E-state index is 0.0518. The molecule has 6 heteroatoms. The van der Waals surface area contributed by atoms with Gasteiger partial charge in [-0.25, -0.2) is 4.68 Å². The summed E-state index contributed by atoms with van der Waals surface area (Å²) < 4.78 is 1.88. The van der Waals surface area contributed by atoms with Crippen molar-refractivity contribution in [3.05, 3.63) is 68.6 Å². The molecule has 1 aliphatic carbocycles. The Hall–Kier alpha value is -2.11. The summed E-state index contributed by atoms with van der Waals surface area (Å²) in [6.45, 7) is 4.02. The van der Waals surface area contributed by atoms with Gasteiger partial charge in [-0.1, -0.05) is 17.7 Å². The topological polar surface area (TPSA) is 46.9 Å². The summed E-state index contributed by atoms with van der Waals surface area (Å²) in [7, 11) is 0. The van der Waals surface area contributed by atoms with Crippen LogP contribution in [0.25, 0.3) is 5.69 Å². The van der Waals surface area contributed by atoms with Crippen LogP contribution in [0.4, 0.5) is 0 Å². The highest BCUT2D eigenvalue weighted by atomic mass is 35.5. The molecule has 1 atom stereocenters. The summed E-state index contributed by atoms with van der Waals surface area (Å²) in [5, 5.41) is 12.5. The van der Waals surface area contributed by atoms with E-state index < -0.39 is 0 Å². The maximum absolute atomic E-state index is 12.9. The van der Waals surface area contributed by atoms with Gasteiger partial charge >= 0.3 is 0 Å². The van der Waals surface area contributed by atoms with Crippen molar-refractivity contribution >= 4 is 28.8 Å². The van der Waals surface area contributed by atoms with Gasteiger partial charge in [-0.05, 0) is 73.2 Å². The number of carbonyl (C=O) groups is 1. The molecule has 1 amide bonds. The Bertz CT molecular complexity index is 960. The average molecular weight is 400 g/mol. The third kappa shape index (κ3) is 3.94. The van der Waals surface area contributed by atoms with E-state index in [-0.39, 0.29) is 11.9 Å². The number of aryl methyl sites for hydroxylation is 1. The van der Waals surface area contributed by atoms with Crippen molar-refractivity contribution in [1.82, 2.24) is 15.1 Å². The van der Waals surface area contributed by atoms with Gasteiger partial charge in [-0.15, -0.1) is 0 Å². The quantitative estimate of drug-likeness (QED) is 0.624. The average Bonchev–Trinajstić information content (AvgIpc) is 3.16. The molecule has 1 aromatic carbocycles. The summed E-state index contributed by atoms with van der Waals surface area (Å²) in [5.74, 6) is 0.338. The monoisotopic (exact) mass is 399 g/mol. The molecule has 0 saturated heterocycles. The molecule has 140 valence electrons. The number of rotatable bonds is 6. The lowest BCUT2D eigenvalue weighted by molar-refractivity contribution is 0.0939. The van der Waals surface area contributed by atoms with E-state index in [0.717, 1.165) is 36.2 Å². The molecule has 4 nitrogen and oxygen atoms in total. The van der Waals surface area contributed by atoms with Crippen molar-refractivity contribution in [3.63, 3.8) is 0 Å². The molecule has 0 spiro atoms. The number of nitrogens with one attached hydrogen (secondary N) is 1. The Kier molecular flexibility index (Phi) is 5.06. The molecule has 1 N–H and O–H groups in total. The molecule has 0 bridgehead atoms. The van der Waals surface area contributed by atoms with E-state index in [9.17, 15) is 4.79 Å². The standard InChI is InChI=1S/C21H22ClN3OS/c1-13-3-6-17(10-19(13)22)25-20(16-4-5-16)18(11-23-25)21(26)24-14(2)9-15-7-8-27-12-15/h3,6-8,10-12,14,16H,4-5,9H2,1-2H3,(H,24,26). The molecule has 27 heavy (non-hydrogen) atoms. The van der Waals surface area contributed by atoms with Gasteiger partial charge in [0.05, 0.1) is 23.1 Å². The molecule has 0 radical (unpaired) electrons. The lowest BCUT2D eigenvalue weighted by Gasteiger charge is -2.14. The number of carbonyl (C=O) groups excluding carboxylic acids is 1. The largest absolute Gasteiger partial charge is 0.349 e. The lowest BCUT2D eigenvalue weighted by Crippen LogP contribution is -2.34. The summed E-state index contributed by atoms with van der Waals surface area (Å²) in [5.41, 5.74) is 4.85. The number of benzene rings is 1. The Morgan fingerprint density at radius 1 is 1.41 bits per heavy atom. The molecule has 1 fully saturated rings. The van der Waals surface area contributed by atoms with E-state index in [1.807, 2.05) is 36.7 Å². The van der Waals surface area contributed by atoms with Gasteiger partial charge in [0.15, 0.2) is 0 Å².